The van der Waals surface area contributed by atoms with Crippen molar-refractivity contribution in [2.45, 2.75) is 89.2 Å². The zero-order valence-corrected chi connectivity index (χ0v) is 46.8. The highest BCUT2D eigenvalue weighted by Crippen LogP contribution is 2.37. The Morgan fingerprint density at radius 1 is 0.512 bits per heavy atom. The SMILES string of the molecule is CC1C/C(=N\O)c2ccc(-c3ccco3)cc2O1.CC1CC(=O)c2ccc(-c3ccco3)cc2O1.CC1Oc2cc(-c3ccco3)ccc2C(=O)C1N.Cc1ccc(S(=O)(=O)ON=C2CC(C)Oc3cc(-c4ccco4)ccc32)cc1.Cl. The van der Waals surface area contributed by atoms with Crippen LogP contribution in [-0.4, -0.2) is 67.1 Å². The Labute approximate surface area is 479 Å². The number of oxime groups is 2. The number of nitrogens with zero attached hydrogens (tertiary/aromatic N) is 2. The maximum atomic E-state index is 12.4. The van der Waals surface area contributed by atoms with E-state index in [9.17, 15) is 18.0 Å². The van der Waals surface area contributed by atoms with Crippen LogP contribution < -0.4 is 24.7 Å². The molecule has 0 amide bonds. The zero-order valence-electron chi connectivity index (χ0n) is 45.2. The van der Waals surface area contributed by atoms with Gasteiger partial charge in [0, 0.05) is 52.6 Å². The summed E-state index contributed by atoms with van der Waals surface area (Å²) in [7, 11) is -3.98. The number of Topliss-reactive ketones (excluding diaryl/α,β-unsaturated/α-hetero) is 2. The number of ketones is 2. The summed E-state index contributed by atoms with van der Waals surface area (Å²) in [5.41, 5.74) is 14.3. The van der Waals surface area contributed by atoms with Crippen molar-refractivity contribution in [1.29, 1.82) is 0 Å². The fourth-order valence-corrected chi connectivity index (χ4v) is 10.1. The Kier molecular flexibility index (Phi) is 17.7. The summed E-state index contributed by atoms with van der Waals surface area (Å²) in [6.45, 7) is 9.43. The maximum Gasteiger partial charge on any atom is 0.358 e. The largest absolute Gasteiger partial charge is 0.490 e. The van der Waals surface area contributed by atoms with Gasteiger partial charge in [-0.05, 0) is 144 Å². The molecule has 0 saturated carbocycles. The molecule has 19 heteroatoms. The van der Waals surface area contributed by atoms with Crippen LogP contribution in [0.2, 0.25) is 0 Å². The van der Waals surface area contributed by atoms with Crippen LogP contribution in [0.25, 0.3) is 45.3 Å². The predicted molar refractivity (Wildman–Crippen MR) is 309 cm³/mol. The van der Waals surface area contributed by atoms with Crippen molar-refractivity contribution in [3.8, 4) is 68.3 Å². The van der Waals surface area contributed by atoms with Crippen molar-refractivity contribution in [1.82, 2.24) is 0 Å². The number of hydrogen-bond acceptors (Lipinski definition) is 17. The van der Waals surface area contributed by atoms with Gasteiger partial charge in [0.05, 0.1) is 47.6 Å². The summed E-state index contributed by atoms with van der Waals surface area (Å²) in [4.78, 5) is 23.9. The van der Waals surface area contributed by atoms with Crippen LogP contribution in [0, 0.1) is 6.92 Å². The molecule has 422 valence electrons. The Morgan fingerprint density at radius 2 is 0.902 bits per heavy atom. The Hall–Kier alpha value is -9.10. The molecule has 13 rings (SSSR count). The fraction of sp³-hybridized carbons (Fsp3) is 0.206. The molecule has 0 bridgehead atoms. The van der Waals surface area contributed by atoms with Gasteiger partial charge in [-0.1, -0.05) is 52.3 Å². The number of benzene rings is 5. The minimum absolute atomic E-state index is 0. The minimum atomic E-state index is -3.98. The molecule has 0 fully saturated rings. The van der Waals surface area contributed by atoms with Crippen LogP contribution in [0.4, 0.5) is 0 Å². The summed E-state index contributed by atoms with van der Waals surface area (Å²) in [5, 5.41) is 16.3. The normalized spacial score (nSPS) is 19.4. The van der Waals surface area contributed by atoms with Crippen LogP contribution in [0.1, 0.15) is 84.4 Å². The van der Waals surface area contributed by atoms with E-state index in [0.29, 0.717) is 64.6 Å². The molecule has 0 aliphatic carbocycles. The lowest BCUT2D eigenvalue weighted by Gasteiger charge is -2.27. The molecule has 4 aromatic heterocycles. The quantitative estimate of drug-likeness (QED) is 0.111. The number of rotatable bonds is 7. The van der Waals surface area contributed by atoms with E-state index >= 15 is 0 Å². The molecule has 0 radical (unpaired) electrons. The zero-order chi connectivity index (χ0) is 56.8. The number of nitrogens with two attached hydrogens (primary N) is 1. The van der Waals surface area contributed by atoms with E-state index in [4.69, 9.17) is 51.8 Å². The molecule has 4 aliphatic rings. The Balaban J connectivity index is 0.000000134. The van der Waals surface area contributed by atoms with E-state index in [-0.39, 0.29) is 53.3 Å². The molecular formula is C63H58ClN3O14S. The van der Waals surface area contributed by atoms with Crippen molar-refractivity contribution >= 4 is 45.5 Å². The summed E-state index contributed by atoms with van der Waals surface area (Å²) in [6.07, 6.45) is 7.47. The first-order valence-electron chi connectivity index (χ1n) is 26.1. The van der Waals surface area contributed by atoms with Crippen molar-refractivity contribution in [3.63, 3.8) is 0 Å². The molecule has 5 aromatic carbocycles. The molecule has 8 heterocycles. The highest BCUT2D eigenvalue weighted by atomic mass is 35.5. The summed E-state index contributed by atoms with van der Waals surface area (Å²) in [6, 6.07) is 42.9. The van der Waals surface area contributed by atoms with Crippen LogP contribution in [0.3, 0.4) is 0 Å². The molecule has 4 aliphatic heterocycles. The van der Waals surface area contributed by atoms with Crippen LogP contribution >= 0.6 is 12.4 Å². The smallest absolute Gasteiger partial charge is 0.358 e. The van der Waals surface area contributed by atoms with E-state index in [0.717, 1.165) is 62.2 Å². The second kappa shape index (κ2) is 25.1. The predicted octanol–water partition coefficient (Wildman–Crippen LogP) is 13.8. The molecule has 0 saturated heterocycles. The van der Waals surface area contributed by atoms with Gasteiger partial charge in [0.2, 0.25) is 0 Å². The Bertz CT molecular complexity index is 3840. The number of furan rings is 4. The lowest BCUT2D eigenvalue weighted by molar-refractivity contribution is 0.0815. The van der Waals surface area contributed by atoms with E-state index in [1.54, 1.807) is 56.2 Å². The van der Waals surface area contributed by atoms with Crippen molar-refractivity contribution in [2.75, 3.05) is 0 Å². The molecule has 9 aromatic rings. The van der Waals surface area contributed by atoms with Gasteiger partial charge in [-0.15, -0.1) is 12.4 Å². The van der Waals surface area contributed by atoms with Crippen LogP contribution in [-0.2, 0) is 14.4 Å². The number of hydrogen-bond donors (Lipinski definition) is 2. The first kappa shape index (κ1) is 57.6. The van der Waals surface area contributed by atoms with Crippen molar-refractivity contribution < 1.29 is 64.1 Å². The first-order valence-corrected chi connectivity index (χ1v) is 27.5. The Morgan fingerprint density at radius 3 is 1.34 bits per heavy atom. The maximum absolute atomic E-state index is 12.4. The van der Waals surface area contributed by atoms with Crippen LogP contribution in [0.5, 0.6) is 23.0 Å². The molecule has 0 spiro atoms. The van der Waals surface area contributed by atoms with Gasteiger partial charge >= 0.3 is 10.1 Å². The number of halogens is 1. The molecular weight excluding hydrogens is 1090 g/mol. The van der Waals surface area contributed by atoms with Crippen LogP contribution in [0.15, 0.2) is 204 Å². The molecule has 5 atom stereocenters. The van der Waals surface area contributed by atoms with Gasteiger partial charge in [-0.2, -0.15) is 8.42 Å². The minimum Gasteiger partial charge on any atom is -0.490 e. The number of carbonyl (C=O) groups excluding carboxylic acids is 2. The first-order chi connectivity index (χ1) is 39.1. The van der Waals surface area contributed by atoms with Gasteiger partial charge in [0.25, 0.3) is 0 Å². The third-order valence-electron chi connectivity index (χ3n) is 13.6. The molecule has 82 heavy (non-hydrogen) atoms. The molecule has 5 unspecified atom stereocenters. The van der Waals surface area contributed by atoms with Crippen molar-refractivity contribution in [3.05, 3.63) is 198 Å². The van der Waals surface area contributed by atoms with Crippen molar-refractivity contribution in [2.24, 2.45) is 16.0 Å². The van der Waals surface area contributed by atoms with Gasteiger partial charge in [-0.25, -0.2) is 0 Å². The summed E-state index contributed by atoms with van der Waals surface area (Å²) >= 11 is 0. The van der Waals surface area contributed by atoms with E-state index in [1.165, 1.54) is 12.1 Å². The third-order valence-corrected chi connectivity index (χ3v) is 14.7. The second-order valence-electron chi connectivity index (χ2n) is 19.7. The summed E-state index contributed by atoms with van der Waals surface area (Å²) in [5.74, 6) is 5.69. The number of aryl methyl sites for hydroxylation is 1. The van der Waals surface area contributed by atoms with Gasteiger partial charge < -0.3 is 47.6 Å². The lowest BCUT2D eigenvalue weighted by atomic mass is 9.95. The average Bonchev–Trinajstić information content (AvgIpc) is 4.48. The fourth-order valence-electron chi connectivity index (χ4n) is 9.37. The monoisotopic (exact) mass is 1150 g/mol. The third kappa shape index (κ3) is 13.1. The van der Waals surface area contributed by atoms with Gasteiger partial charge in [0.15, 0.2) is 11.6 Å². The number of ether oxygens (including phenoxy) is 4. The summed E-state index contributed by atoms with van der Waals surface area (Å²) < 4.78 is 74.3. The van der Waals surface area contributed by atoms with E-state index in [1.807, 2.05) is 137 Å². The van der Waals surface area contributed by atoms with Gasteiger partial charge in [0.1, 0.15) is 81.4 Å². The average molecular weight is 1150 g/mol. The highest BCUT2D eigenvalue weighted by molar-refractivity contribution is 7.86. The lowest BCUT2D eigenvalue weighted by Crippen LogP contribution is -2.46. The van der Waals surface area contributed by atoms with E-state index < -0.39 is 16.2 Å². The number of carbonyl (C=O) groups is 2. The molecule has 17 nitrogen and oxygen atoms in total. The molecule has 3 N–H and O–H groups in total. The standard InChI is InChI=1S/C21H19NO5S.2C14H13NO3.C14H12O3.ClH/c1-14-5-8-17(9-6-14)28(23,24)27-22-19-12-15(2)26-21-13-16(7-10-18(19)21)20-4-3-11-25-20;1-9-7-12(15-16)11-5-4-10(8-14(11)18-9)13-3-2-6-17-13;1-8-13(15)14(16)10-5-4-9(7-12(10)18-8)11-3-2-6-17-11;1-9-7-12(15)11-5-4-10(8-14(11)17-9)13-3-2-6-16-13;/h3-11,13,15H,12H2,1-2H3;2-6,8-9,16H,7H2,1H3;2-8,13H,15H2,1H3;2-6,8-9H,7H2,1H3;1H/b;15-12+;;;. The second-order valence-corrected chi connectivity index (χ2v) is 21.2. The van der Waals surface area contributed by atoms with E-state index in [2.05, 4.69) is 10.3 Å². The number of fused-ring (bicyclic) bond motifs is 4. The van der Waals surface area contributed by atoms with Gasteiger partial charge in [-0.3, -0.25) is 13.9 Å². The topological polar surface area (TPSA) is 238 Å². The highest BCUT2D eigenvalue weighted by Gasteiger charge is 2.32.